The molecule has 3 heteroatoms. The predicted molar refractivity (Wildman–Crippen MR) is 48.8 cm³/mol. The lowest BCUT2D eigenvalue weighted by Crippen LogP contribution is -2.30. The van der Waals surface area contributed by atoms with Gasteiger partial charge in [0.2, 0.25) is 0 Å². The lowest BCUT2D eigenvalue weighted by Gasteiger charge is -2.09. The van der Waals surface area contributed by atoms with Crippen molar-refractivity contribution in [1.29, 1.82) is 0 Å². The van der Waals surface area contributed by atoms with E-state index in [1.807, 2.05) is 6.92 Å². The summed E-state index contributed by atoms with van der Waals surface area (Å²) < 4.78 is 4.76. The molecule has 0 spiro atoms. The third kappa shape index (κ3) is 7.55. The fraction of sp³-hybridized carbons (Fsp3) is 0.778. The van der Waals surface area contributed by atoms with Gasteiger partial charge in [0, 0.05) is 26.6 Å². The summed E-state index contributed by atoms with van der Waals surface area (Å²) in [7, 11) is 1.58. The van der Waals surface area contributed by atoms with Gasteiger partial charge in [-0.05, 0) is 6.92 Å². The highest BCUT2D eigenvalue weighted by Crippen LogP contribution is 1.81. The van der Waals surface area contributed by atoms with Crippen molar-refractivity contribution in [2.75, 3.05) is 26.8 Å². The molecule has 0 aromatic carbocycles. The SMILES string of the molecule is CC#CCCNCC(O)COC. The van der Waals surface area contributed by atoms with E-state index in [1.54, 1.807) is 7.11 Å². The molecule has 0 saturated heterocycles. The molecule has 0 aliphatic carbocycles. The normalized spacial score (nSPS) is 11.9. The Labute approximate surface area is 74.1 Å². The lowest BCUT2D eigenvalue weighted by molar-refractivity contribution is 0.0648. The summed E-state index contributed by atoms with van der Waals surface area (Å²) in [6.45, 7) is 3.59. The van der Waals surface area contributed by atoms with Crippen molar-refractivity contribution in [3.8, 4) is 11.8 Å². The fourth-order valence-electron chi connectivity index (χ4n) is 0.796. The highest BCUT2D eigenvalue weighted by atomic mass is 16.5. The third-order valence-electron chi connectivity index (χ3n) is 1.34. The van der Waals surface area contributed by atoms with Gasteiger partial charge >= 0.3 is 0 Å². The zero-order valence-corrected chi connectivity index (χ0v) is 7.76. The molecule has 0 rings (SSSR count). The Morgan fingerprint density at radius 2 is 2.33 bits per heavy atom. The molecule has 0 fully saturated rings. The molecule has 0 amide bonds. The Bertz CT molecular complexity index is 148. The number of nitrogens with one attached hydrogen (secondary N) is 1. The average Bonchev–Trinajstić information content (AvgIpc) is 2.05. The first kappa shape index (κ1) is 11.4. The maximum atomic E-state index is 9.18. The molecule has 1 unspecified atom stereocenters. The van der Waals surface area contributed by atoms with Crippen LogP contribution in [-0.2, 0) is 4.74 Å². The molecule has 2 N–H and O–H groups in total. The van der Waals surface area contributed by atoms with Gasteiger partial charge < -0.3 is 15.2 Å². The van der Waals surface area contributed by atoms with E-state index in [0.29, 0.717) is 13.2 Å². The van der Waals surface area contributed by atoms with Gasteiger partial charge in [0.05, 0.1) is 12.7 Å². The van der Waals surface area contributed by atoms with Crippen LogP contribution in [0.25, 0.3) is 0 Å². The summed E-state index contributed by atoms with van der Waals surface area (Å²) in [5.74, 6) is 5.73. The largest absolute Gasteiger partial charge is 0.389 e. The lowest BCUT2D eigenvalue weighted by atomic mass is 10.3. The van der Waals surface area contributed by atoms with Crippen LogP contribution in [0.4, 0.5) is 0 Å². The molecule has 1 atom stereocenters. The van der Waals surface area contributed by atoms with E-state index in [2.05, 4.69) is 17.2 Å². The van der Waals surface area contributed by atoms with Crippen LogP contribution in [0, 0.1) is 11.8 Å². The Hall–Kier alpha value is -0.560. The van der Waals surface area contributed by atoms with Gasteiger partial charge in [-0.2, -0.15) is 0 Å². The molecule has 70 valence electrons. The van der Waals surface area contributed by atoms with E-state index in [4.69, 9.17) is 4.74 Å². The highest BCUT2D eigenvalue weighted by Gasteiger charge is 2.00. The Morgan fingerprint density at radius 1 is 1.58 bits per heavy atom. The summed E-state index contributed by atoms with van der Waals surface area (Å²) in [5.41, 5.74) is 0. The van der Waals surface area contributed by atoms with Crippen molar-refractivity contribution < 1.29 is 9.84 Å². The maximum absolute atomic E-state index is 9.18. The zero-order valence-electron chi connectivity index (χ0n) is 7.76. The first-order chi connectivity index (χ1) is 5.81. The number of hydrogen-bond donors (Lipinski definition) is 2. The number of hydrogen-bond acceptors (Lipinski definition) is 3. The van der Waals surface area contributed by atoms with Crippen LogP contribution in [0.1, 0.15) is 13.3 Å². The summed E-state index contributed by atoms with van der Waals surface area (Å²) in [5, 5.41) is 12.3. The predicted octanol–water partition coefficient (Wildman–Crippen LogP) is -0.00330. The smallest absolute Gasteiger partial charge is 0.0897 e. The molecule has 0 aliphatic heterocycles. The number of methoxy groups -OCH3 is 1. The second-order valence-corrected chi connectivity index (χ2v) is 2.49. The quantitative estimate of drug-likeness (QED) is 0.436. The van der Waals surface area contributed by atoms with E-state index in [9.17, 15) is 5.11 Å². The average molecular weight is 171 g/mol. The Kier molecular flexibility index (Phi) is 8.14. The molecular weight excluding hydrogens is 154 g/mol. The van der Waals surface area contributed by atoms with E-state index in [1.165, 1.54) is 0 Å². The van der Waals surface area contributed by atoms with Gasteiger partial charge in [0.1, 0.15) is 0 Å². The molecule has 0 aromatic rings. The molecule has 0 aromatic heterocycles. The Balaban J connectivity index is 3.11. The summed E-state index contributed by atoms with van der Waals surface area (Å²) >= 11 is 0. The monoisotopic (exact) mass is 171 g/mol. The summed E-state index contributed by atoms with van der Waals surface area (Å²) in [4.78, 5) is 0. The fourth-order valence-corrected chi connectivity index (χ4v) is 0.796. The van der Waals surface area contributed by atoms with Gasteiger partial charge in [-0.1, -0.05) is 0 Å². The maximum Gasteiger partial charge on any atom is 0.0897 e. The topological polar surface area (TPSA) is 41.5 Å². The summed E-state index contributed by atoms with van der Waals surface area (Å²) in [6.07, 6.45) is 0.417. The molecule has 0 radical (unpaired) electrons. The molecular formula is C9H17NO2. The first-order valence-corrected chi connectivity index (χ1v) is 4.08. The number of aliphatic hydroxyl groups is 1. The van der Waals surface area contributed by atoms with Gasteiger partial charge in [0.25, 0.3) is 0 Å². The molecule has 12 heavy (non-hydrogen) atoms. The van der Waals surface area contributed by atoms with Crippen molar-refractivity contribution in [2.24, 2.45) is 0 Å². The van der Waals surface area contributed by atoms with Crippen molar-refractivity contribution in [3.05, 3.63) is 0 Å². The molecule has 0 bridgehead atoms. The van der Waals surface area contributed by atoms with Gasteiger partial charge in [-0.3, -0.25) is 0 Å². The molecule has 0 saturated carbocycles. The van der Waals surface area contributed by atoms with Crippen molar-refractivity contribution in [2.45, 2.75) is 19.4 Å². The summed E-state index contributed by atoms with van der Waals surface area (Å²) in [6, 6.07) is 0. The van der Waals surface area contributed by atoms with E-state index in [-0.39, 0.29) is 0 Å². The Morgan fingerprint density at radius 3 is 2.92 bits per heavy atom. The molecule has 0 heterocycles. The minimum absolute atomic E-state index is 0.381. The molecule has 0 aliphatic rings. The van der Waals surface area contributed by atoms with E-state index < -0.39 is 6.10 Å². The van der Waals surface area contributed by atoms with Gasteiger partial charge in [-0.15, -0.1) is 11.8 Å². The van der Waals surface area contributed by atoms with E-state index in [0.717, 1.165) is 13.0 Å². The van der Waals surface area contributed by atoms with Gasteiger partial charge in [-0.25, -0.2) is 0 Å². The van der Waals surface area contributed by atoms with E-state index >= 15 is 0 Å². The van der Waals surface area contributed by atoms with Gasteiger partial charge in [0.15, 0.2) is 0 Å². The zero-order chi connectivity index (χ0) is 9.23. The minimum atomic E-state index is -0.412. The van der Waals surface area contributed by atoms with Crippen LogP contribution in [0.2, 0.25) is 0 Å². The van der Waals surface area contributed by atoms with Crippen LogP contribution < -0.4 is 5.32 Å². The van der Waals surface area contributed by atoms with Crippen LogP contribution in [0.5, 0.6) is 0 Å². The van der Waals surface area contributed by atoms with Crippen molar-refractivity contribution in [1.82, 2.24) is 5.32 Å². The minimum Gasteiger partial charge on any atom is -0.389 e. The second-order valence-electron chi connectivity index (χ2n) is 2.49. The number of ether oxygens (including phenoxy) is 1. The highest BCUT2D eigenvalue weighted by molar-refractivity contribution is 4.95. The van der Waals surface area contributed by atoms with Crippen LogP contribution >= 0.6 is 0 Å². The van der Waals surface area contributed by atoms with Crippen LogP contribution in [0.15, 0.2) is 0 Å². The molecule has 3 nitrogen and oxygen atoms in total. The van der Waals surface area contributed by atoms with Crippen molar-refractivity contribution in [3.63, 3.8) is 0 Å². The first-order valence-electron chi connectivity index (χ1n) is 4.08. The van der Waals surface area contributed by atoms with Crippen LogP contribution in [-0.4, -0.2) is 38.0 Å². The number of aliphatic hydroxyl groups excluding tert-OH is 1. The second kappa shape index (κ2) is 8.54. The van der Waals surface area contributed by atoms with Crippen molar-refractivity contribution >= 4 is 0 Å². The number of rotatable bonds is 6. The third-order valence-corrected chi connectivity index (χ3v) is 1.34. The standard InChI is InChI=1S/C9H17NO2/c1-3-4-5-6-10-7-9(11)8-12-2/h9-11H,5-8H2,1-2H3. The van der Waals surface area contributed by atoms with Crippen LogP contribution in [0.3, 0.4) is 0 Å².